The normalized spacial score (nSPS) is 12.7. The number of benzene rings is 1. The van der Waals surface area contributed by atoms with E-state index in [0.717, 1.165) is 22.3 Å². The first-order valence-corrected chi connectivity index (χ1v) is 7.15. The minimum Gasteiger partial charge on any atom is -0.220 e. The highest BCUT2D eigenvalue weighted by atomic mass is 79.9. The lowest BCUT2D eigenvalue weighted by molar-refractivity contribution is 0.789. The van der Waals surface area contributed by atoms with Gasteiger partial charge in [0, 0.05) is 4.47 Å². The summed E-state index contributed by atoms with van der Waals surface area (Å²) in [6.45, 7) is 4.17. The van der Waals surface area contributed by atoms with Crippen molar-refractivity contribution in [1.82, 2.24) is 15.0 Å². The zero-order chi connectivity index (χ0) is 12.4. The Morgan fingerprint density at radius 1 is 1.35 bits per heavy atom. The van der Waals surface area contributed by atoms with Crippen molar-refractivity contribution in [2.24, 2.45) is 0 Å². The Morgan fingerprint density at radius 2 is 2.12 bits per heavy atom. The maximum atomic E-state index is 4.17. The van der Waals surface area contributed by atoms with Crippen molar-refractivity contribution in [3.05, 3.63) is 40.1 Å². The summed E-state index contributed by atoms with van der Waals surface area (Å²) in [5.41, 5.74) is 3.17. The molecule has 1 aromatic carbocycles. The van der Waals surface area contributed by atoms with E-state index in [2.05, 4.69) is 68.2 Å². The highest BCUT2D eigenvalue weighted by molar-refractivity contribution is 9.10. The summed E-state index contributed by atoms with van der Waals surface area (Å²) in [4.78, 5) is 0.268. The van der Waals surface area contributed by atoms with Crippen LogP contribution in [0.3, 0.4) is 0 Å². The third-order valence-electron chi connectivity index (χ3n) is 2.48. The van der Waals surface area contributed by atoms with Crippen molar-refractivity contribution in [1.29, 1.82) is 0 Å². The van der Waals surface area contributed by atoms with E-state index in [-0.39, 0.29) is 4.83 Å². The molecule has 0 N–H and O–H groups in total. The highest BCUT2D eigenvalue weighted by Gasteiger charge is 2.10. The van der Waals surface area contributed by atoms with Gasteiger partial charge in [-0.05, 0) is 37.1 Å². The van der Waals surface area contributed by atoms with E-state index in [1.807, 2.05) is 12.3 Å². The lowest BCUT2D eigenvalue weighted by Crippen LogP contribution is -1.95. The topological polar surface area (TPSA) is 30.7 Å². The van der Waals surface area contributed by atoms with Crippen LogP contribution in [0.1, 0.15) is 29.4 Å². The Morgan fingerprint density at radius 3 is 2.76 bits per heavy atom. The van der Waals surface area contributed by atoms with Crippen LogP contribution < -0.4 is 0 Å². The van der Waals surface area contributed by atoms with Gasteiger partial charge in [0.25, 0.3) is 0 Å². The monoisotopic (exact) mass is 357 g/mol. The molecule has 1 heterocycles. The maximum absolute atomic E-state index is 4.17. The van der Waals surface area contributed by atoms with Crippen molar-refractivity contribution >= 4 is 31.9 Å². The molecule has 17 heavy (non-hydrogen) atoms. The van der Waals surface area contributed by atoms with Crippen LogP contribution in [0.15, 0.2) is 28.9 Å². The Kier molecular flexibility index (Phi) is 3.99. The van der Waals surface area contributed by atoms with E-state index in [9.17, 15) is 0 Å². The van der Waals surface area contributed by atoms with Crippen molar-refractivity contribution in [3.63, 3.8) is 0 Å². The SMILES string of the molecule is CCC(Br)c1cn(-c2cc(C)cc(Br)c2)nn1. The molecule has 1 atom stereocenters. The zero-order valence-electron chi connectivity index (χ0n) is 9.69. The average Bonchev–Trinajstić information content (AvgIpc) is 2.76. The molecule has 1 unspecified atom stereocenters. The van der Waals surface area contributed by atoms with Crippen molar-refractivity contribution in [2.45, 2.75) is 25.1 Å². The minimum absolute atomic E-state index is 0.268. The summed E-state index contributed by atoms with van der Waals surface area (Å²) in [6, 6.07) is 6.18. The molecule has 0 spiro atoms. The van der Waals surface area contributed by atoms with E-state index in [4.69, 9.17) is 0 Å². The van der Waals surface area contributed by atoms with Crippen LogP contribution >= 0.6 is 31.9 Å². The molecule has 0 saturated carbocycles. The summed E-state index contributed by atoms with van der Waals surface area (Å²) >= 11 is 7.06. The molecule has 1 aromatic heterocycles. The lowest BCUT2D eigenvalue weighted by atomic mass is 10.2. The van der Waals surface area contributed by atoms with Gasteiger partial charge in [0.05, 0.1) is 22.4 Å². The summed E-state index contributed by atoms with van der Waals surface area (Å²) < 4.78 is 2.85. The van der Waals surface area contributed by atoms with E-state index < -0.39 is 0 Å². The molecule has 2 rings (SSSR count). The number of halogens is 2. The van der Waals surface area contributed by atoms with Gasteiger partial charge in [-0.2, -0.15) is 0 Å². The Labute approximate surface area is 117 Å². The minimum atomic E-state index is 0.268. The van der Waals surface area contributed by atoms with E-state index in [1.54, 1.807) is 4.68 Å². The third-order valence-corrected chi connectivity index (χ3v) is 4.06. The van der Waals surface area contributed by atoms with Crippen LogP contribution in [0, 0.1) is 6.92 Å². The van der Waals surface area contributed by atoms with Crippen molar-refractivity contribution < 1.29 is 0 Å². The number of alkyl halides is 1. The molecule has 0 aliphatic rings. The molecule has 0 bridgehead atoms. The Balaban J connectivity index is 2.36. The van der Waals surface area contributed by atoms with Crippen LogP contribution in [0.4, 0.5) is 0 Å². The molecule has 3 nitrogen and oxygen atoms in total. The summed E-state index contributed by atoms with van der Waals surface area (Å²) in [7, 11) is 0. The molecule has 2 aromatic rings. The maximum Gasteiger partial charge on any atom is 0.0967 e. The van der Waals surface area contributed by atoms with Gasteiger partial charge < -0.3 is 0 Å². The van der Waals surface area contributed by atoms with E-state index >= 15 is 0 Å². The number of rotatable bonds is 3. The second kappa shape index (κ2) is 5.31. The predicted octanol–water partition coefficient (Wildman–Crippen LogP) is 4.18. The number of aromatic nitrogens is 3. The van der Waals surface area contributed by atoms with Crippen LogP contribution in [-0.4, -0.2) is 15.0 Å². The molecule has 0 aliphatic carbocycles. The van der Waals surface area contributed by atoms with Crippen LogP contribution in [0.25, 0.3) is 5.69 Å². The second-order valence-electron chi connectivity index (χ2n) is 3.95. The zero-order valence-corrected chi connectivity index (χ0v) is 12.9. The Bertz CT molecular complexity index is 502. The van der Waals surface area contributed by atoms with Gasteiger partial charge in [-0.1, -0.05) is 44.0 Å². The van der Waals surface area contributed by atoms with Gasteiger partial charge in [-0.15, -0.1) is 5.10 Å². The molecular weight excluding hydrogens is 346 g/mol. The van der Waals surface area contributed by atoms with Crippen molar-refractivity contribution in [2.75, 3.05) is 0 Å². The van der Waals surface area contributed by atoms with Gasteiger partial charge in [-0.25, -0.2) is 4.68 Å². The third kappa shape index (κ3) is 2.96. The summed E-state index contributed by atoms with van der Waals surface area (Å²) in [6.07, 6.45) is 2.96. The molecule has 0 aliphatic heterocycles. The second-order valence-corrected chi connectivity index (χ2v) is 5.97. The lowest BCUT2D eigenvalue weighted by Gasteiger charge is -2.03. The molecular formula is C12H13Br2N3. The molecule has 0 fully saturated rings. The van der Waals surface area contributed by atoms with Crippen LogP contribution in [0.5, 0.6) is 0 Å². The summed E-state index contributed by atoms with van der Waals surface area (Å²) in [5.74, 6) is 0. The van der Waals surface area contributed by atoms with Crippen molar-refractivity contribution in [3.8, 4) is 5.69 Å². The average molecular weight is 359 g/mol. The fourth-order valence-corrected chi connectivity index (χ4v) is 2.41. The summed E-state index contributed by atoms with van der Waals surface area (Å²) in [5, 5.41) is 8.33. The Hall–Kier alpha value is -0.680. The molecule has 5 heteroatoms. The van der Waals surface area contributed by atoms with Gasteiger partial charge in [0.1, 0.15) is 0 Å². The largest absolute Gasteiger partial charge is 0.220 e. The fourth-order valence-electron chi connectivity index (χ4n) is 1.60. The van der Waals surface area contributed by atoms with Gasteiger partial charge in [0.2, 0.25) is 0 Å². The molecule has 0 radical (unpaired) electrons. The highest BCUT2D eigenvalue weighted by Crippen LogP contribution is 2.25. The van der Waals surface area contributed by atoms with Gasteiger partial charge in [0.15, 0.2) is 0 Å². The van der Waals surface area contributed by atoms with Crippen LogP contribution in [0.2, 0.25) is 0 Å². The smallest absolute Gasteiger partial charge is 0.0967 e. The molecule has 0 amide bonds. The first kappa shape index (κ1) is 12.8. The molecule has 90 valence electrons. The van der Waals surface area contributed by atoms with Gasteiger partial charge in [-0.3, -0.25) is 0 Å². The quantitative estimate of drug-likeness (QED) is 0.770. The first-order chi connectivity index (χ1) is 8.10. The fraction of sp³-hybridized carbons (Fsp3) is 0.333. The number of hydrogen-bond donors (Lipinski definition) is 0. The van der Waals surface area contributed by atoms with Gasteiger partial charge >= 0.3 is 0 Å². The number of nitrogens with zero attached hydrogens (tertiary/aromatic N) is 3. The number of aryl methyl sites for hydroxylation is 1. The molecule has 0 saturated heterocycles. The van der Waals surface area contributed by atoms with Crippen LogP contribution in [-0.2, 0) is 0 Å². The first-order valence-electron chi connectivity index (χ1n) is 5.44. The van der Waals surface area contributed by atoms with E-state index in [1.165, 1.54) is 5.56 Å². The standard InChI is InChI=1S/C12H13Br2N3/c1-3-11(14)12-7-17(16-15-12)10-5-8(2)4-9(13)6-10/h4-7,11H,3H2,1-2H3. The predicted molar refractivity (Wildman–Crippen MR) is 75.8 cm³/mol. The van der Waals surface area contributed by atoms with E-state index in [0.29, 0.717) is 0 Å². The number of hydrogen-bond acceptors (Lipinski definition) is 2.